The van der Waals surface area contributed by atoms with Gasteiger partial charge in [0.05, 0.1) is 5.56 Å². The maximum absolute atomic E-state index is 13.2. The predicted molar refractivity (Wildman–Crippen MR) is 97.8 cm³/mol. The molecule has 0 saturated heterocycles. The Morgan fingerprint density at radius 1 is 1.19 bits per heavy atom. The molecule has 0 aliphatic rings. The summed E-state index contributed by atoms with van der Waals surface area (Å²) >= 11 is 0. The van der Waals surface area contributed by atoms with Crippen LogP contribution >= 0.6 is 0 Å². The van der Waals surface area contributed by atoms with Crippen molar-refractivity contribution in [1.82, 2.24) is 9.55 Å². The molecular formula is C20H18FN3O2. The number of carbonyl (C=O) groups is 1. The van der Waals surface area contributed by atoms with E-state index in [0.717, 1.165) is 11.1 Å². The summed E-state index contributed by atoms with van der Waals surface area (Å²) in [6.07, 6.45) is 3.69. The molecule has 132 valence electrons. The van der Waals surface area contributed by atoms with Crippen LogP contribution in [0.2, 0.25) is 0 Å². The lowest BCUT2D eigenvalue weighted by Crippen LogP contribution is -2.22. The number of hydrogen-bond donors (Lipinski definition) is 1. The number of nitrogens with zero attached hydrogens (tertiary/aromatic N) is 2. The second-order valence-corrected chi connectivity index (χ2v) is 6.14. The highest BCUT2D eigenvalue weighted by Crippen LogP contribution is 2.13. The first-order chi connectivity index (χ1) is 12.4. The van der Waals surface area contributed by atoms with Crippen molar-refractivity contribution in [3.8, 4) is 0 Å². The molecule has 0 unspecified atom stereocenters. The van der Waals surface area contributed by atoms with E-state index in [9.17, 15) is 14.0 Å². The van der Waals surface area contributed by atoms with Crippen LogP contribution in [0.15, 0.2) is 59.7 Å². The van der Waals surface area contributed by atoms with Crippen LogP contribution in [0, 0.1) is 12.7 Å². The Labute approximate surface area is 150 Å². The molecular weight excluding hydrogens is 333 g/mol. The van der Waals surface area contributed by atoms with Crippen molar-refractivity contribution in [2.24, 2.45) is 7.05 Å². The monoisotopic (exact) mass is 351 g/mol. The van der Waals surface area contributed by atoms with Gasteiger partial charge in [0.15, 0.2) is 0 Å². The van der Waals surface area contributed by atoms with Gasteiger partial charge >= 0.3 is 0 Å². The summed E-state index contributed by atoms with van der Waals surface area (Å²) in [5.41, 5.74) is 2.51. The van der Waals surface area contributed by atoms with Crippen LogP contribution in [0.4, 0.5) is 10.2 Å². The first-order valence-electron chi connectivity index (χ1n) is 8.10. The Bertz CT molecular complexity index is 984. The Hall–Kier alpha value is -3.28. The van der Waals surface area contributed by atoms with Gasteiger partial charge in [-0.2, -0.15) is 0 Å². The third kappa shape index (κ3) is 4.03. The summed E-state index contributed by atoms with van der Waals surface area (Å²) in [4.78, 5) is 28.3. The normalized spacial score (nSPS) is 10.6. The Balaban J connectivity index is 1.71. The van der Waals surface area contributed by atoms with Gasteiger partial charge in [-0.1, -0.05) is 18.2 Å². The zero-order valence-corrected chi connectivity index (χ0v) is 14.5. The highest BCUT2D eigenvalue weighted by atomic mass is 19.1. The van der Waals surface area contributed by atoms with E-state index in [-0.39, 0.29) is 17.3 Å². The lowest BCUT2D eigenvalue weighted by molar-refractivity contribution is 0.102. The number of amides is 1. The second kappa shape index (κ2) is 7.31. The molecule has 3 rings (SSSR count). The van der Waals surface area contributed by atoms with E-state index in [2.05, 4.69) is 10.3 Å². The van der Waals surface area contributed by atoms with Crippen LogP contribution in [-0.4, -0.2) is 15.5 Å². The third-order valence-electron chi connectivity index (χ3n) is 3.99. The van der Waals surface area contributed by atoms with E-state index in [0.29, 0.717) is 23.4 Å². The first kappa shape index (κ1) is 17.5. The number of benzene rings is 1. The Kier molecular flexibility index (Phi) is 4.93. The van der Waals surface area contributed by atoms with E-state index in [1.54, 1.807) is 38.4 Å². The van der Waals surface area contributed by atoms with Crippen LogP contribution in [0.1, 0.15) is 27.0 Å². The van der Waals surface area contributed by atoms with Gasteiger partial charge < -0.3 is 9.88 Å². The molecule has 5 nitrogen and oxygen atoms in total. The molecule has 1 aromatic carbocycles. The summed E-state index contributed by atoms with van der Waals surface area (Å²) in [6, 6.07) is 11.5. The topological polar surface area (TPSA) is 64.0 Å². The number of hydrogen-bond acceptors (Lipinski definition) is 3. The fourth-order valence-corrected chi connectivity index (χ4v) is 2.68. The number of aromatic nitrogens is 2. The number of aryl methyl sites for hydroxylation is 2. The van der Waals surface area contributed by atoms with Gasteiger partial charge in [0.1, 0.15) is 11.6 Å². The fourth-order valence-electron chi connectivity index (χ4n) is 2.68. The standard InChI is InChI=1S/C20H18FN3O2/c1-13-8-16(12-24(2)20(13)26)19(25)23-18-7-6-15(11-22-18)9-14-4-3-5-17(21)10-14/h3-8,10-12H,9H2,1-2H3,(H,22,23,25). The van der Waals surface area contributed by atoms with Crippen molar-refractivity contribution in [3.63, 3.8) is 0 Å². The smallest absolute Gasteiger partial charge is 0.258 e. The fraction of sp³-hybridized carbons (Fsp3) is 0.150. The summed E-state index contributed by atoms with van der Waals surface area (Å²) in [5.74, 6) is -0.203. The molecule has 0 saturated carbocycles. The summed E-state index contributed by atoms with van der Waals surface area (Å²) in [6.45, 7) is 1.67. The minimum Gasteiger partial charge on any atom is -0.318 e. The van der Waals surface area contributed by atoms with Gasteiger partial charge in [-0.3, -0.25) is 9.59 Å². The molecule has 1 N–H and O–H groups in total. The molecule has 0 radical (unpaired) electrons. The number of anilines is 1. The predicted octanol–water partition coefficient (Wildman–Crippen LogP) is 3.07. The maximum Gasteiger partial charge on any atom is 0.258 e. The van der Waals surface area contributed by atoms with Crippen molar-refractivity contribution < 1.29 is 9.18 Å². The zero-order valence-electron chi connectivity index (χ0n) is 14.5. The first-order valence-corrected chi connectivity index (χ1v) is 8.10. The average molecular weight is 351 g/mol. The minimum absolute atomic E-state index is 0.138. The zero-order chi connectivity index (χ0) is 18.7. The Morgan fingerprint density at radius 3 is 2.65 bits per heavy atom. The molecule has 1 amide bonds. The molecule has 3 aromatic rings. The van der Waals surface area contributed by atoms with E-state index in [4.69, 9.17) is 0 Å². The van der Waals surface area contributed by atoms with Crippen LogP contribution < -0.4 is 10.9 Å². The molecule has 0 aliphatic carbocycles. The van der Waals surface area contributed by atoms with Crippen LogP contribution in [0.5, 0.6) is 0 Å². The quantitative estimate of drug-likeness (QED) is 0.786. The van der Waals surface area contributed by atoms with Crippen molar-refractivity contribution in [2.75, 3.05) is 5.32 Å². The molecule has 2 heterocycles. The molecule has 0 atom stereocenters. The van der Waals surface area contributed by atoms with Gasteiger partial charge in [0.2, 0.25) is 0 Å². The van der Waals surface area contributed by atoms with Gasteiger partial charge in [0, 0.05) is 25.0 Å². The summed E-state index contributed by atoms with van der Waals surface area (Å²) in [5, 5.41) is 2.71. The Morgan fingerprint density at radius 2 is 2.00 bits per heavy atom. The van der Waals surface area contributed by atoms with Crippen LogP contribution in [0.25, 0.3) is 0 Å². The van der Waals surface area contributed by atoms with Gasteiger partial charge in [-0.15, -0.1) is 0 Å². The van der Waals surface area contributed by atoms with E-state index in [1.807, 2.05) is 12.1 Å². The largest absolute Gasteiger partial charge is 0.318 e. The molecule has 0 bridgehead atoms. The number of pyridine rings is 2. The van der Waals surface area contributed by atoms with Crippen molar-refractivity contribution in [3.05, 3.63) is 93.3 Å². The molecule has 2 aromatic heterocycles. The molecule has 0 aliphatic heterocycles. The molecule has 6 heteroatoms. The molecule has 26 heavy (non-hydrogen) atoms. The highest BCUT2D eigenvalue weighted by Gasteiger charge is 2.10. The number of rotatable bonds is 4. The number of nitrogens with one attached hydrogen (secondary N) is 1. The van der Waals surface area contributed by atoms with Crippen molar-refractivity contribution >= 4 is 11.7 Å². The van der Waals surface area contributed by atoms with E-state index in [1.165, 1.54) is 22.9 Å². The average Bonchev–Trinajstić information content (AvgIpc) is 2.61. The summed E-state index contributed by atoms with van der Waals surface area (Å²) in [7, 11) is 1.60. The SMILES string of the molecule is Cc1cc(C(=O)Nc2ccc(Cc3cccc(F)c3)cn2)cn(C)c1=O. The molecule has 0 spiro atoms. The third-order valence-corrected chi connectivity index (χ3v) is 3.99. The summed E-state index contributed by atoms with van der Waals surface area (Å²) < 4.78 is 14.6. The molecule has 0 fully saturated rings. The van der Waals surface area contributed by atoms with E-state index >= 15 is 0 Å². The number of carbonyl (C=O) groups excluding carboxylic acids is 1. The van der Waals surface area contributed by atoms with Crippen LogP contribution in [0.3, 0.4) is 0 Å². The second-order valence-electron chi connectivity index (χ2n) is 6.14. The lowest BCUT2D eigenvalue weighted by atomic mass is 10.1. The maximum atomic E-state index is 13.2. The van der Waals surface area contributed by atoms with Gasteiger partial charge in [-0.25, -0.2) is 9.37 Å². The van der Waals surface area contributed by atoms with Crippen molar-refractivity contribution in [2.45, 2.75) is 13.3 Å². The number of halogens is 1. The van der Waals surface area contributed by atoms with Gasteiger partial charge in [0.25, 0.3) is 11.5 Å². The van der Waals surface area contributed by atoms with Crippen LogP contribution in [-0.2, 0) is 13.5 Å². The highest BCUT2D eigenvalue weighted by molar-refractivity contribution is 6.03. The lowest BCUT2D eigenvalue weighted by Gasteiger charge is -2.08. The van der Waals surface area contributed by atoms with Gasteiger partial charge in [-0.05, 0) is 48.7 Å². The van der Waals surface area contributed by atoms with E-state index < -0.39 is 0 Å². The van der Waals surface area contributed by atoms with Crippen molar-refractivity contribution in [1.29, 1.82) is 0 Å². The minimum atomic E-state index is -0.339.